The molecule has 1 saturated heterocycles. The third-order valence-electron chi connectivity index (χ3n) is 2.67. The van der Waals surface area contributed by atoms with E-state index in [0.29, 0.717) is 6.04 Å². The van der Waals surface area contributed by atoms with Crippen LogP contribution in [0.15, 0.2) is 0 Å². The second kappa shape index (κ2) is 4.40. The van der Waals surface area contributed by atoms with Crippen molar-refractivity contribution in [1.29, 1.82) is 0 Å². The Morgan fingerprint density at radius 1 is 1.54 bits per heavy atom. The predicted octanol–water partition coefficient (Wildman–Crippen LogP) is 0.835. The monoisotopic (exact) mass is 186 g/mol. The van der Waals surface area contributed by atoms with Crippen molar-refractivity contribution in [3.63, 3.8) is 0 Å². The lowest BCUT2D eigenvalue weighted by atomic mass is 10.0. The Hall–Kier alpha value is -0.120. The number of nitrogens with zero attached hydrogens (tertiary/aromatic N) is 1. The molecule has 0 radical (unpaired) electrons. The molecule has 0 spiro atoms. The molecule has 1 aliphatic heterocycles. The Morgan fingerprint density at radius 3 is 2.77 bits per heavy atom. The molecule has 1 heterocycles. The van der Waals surface area contributed by atoms with Crippen LogP contribution in [0, 0.1) is 0 Å². The fourth-order valence-corrected chi connectivity index (χ4v) is 1.66. The second-order valence-electron chi connectivity index (χ2n) is 4.62. The van der Waals surface area contributed by atoms with E-state index in [1.54, 1.807) is 0 Å². The first kappa shape index (κ1) is 11.0. The molecule has 13 heavy (non-hydrogen) atoms. The molecule has 0 aromatic rings. The van der Waals surface area contributed by atoms with Gasteiger partial charge in [0.25, 0.3) is 0 Å². The summed E-state index contributed by atoms with van der Waals surface area (Å²) in [6.45, 7) is 10.4. The van der Waals surface area contributed by atoms with Crippen molar-refractivity contribution in [3.8, 4) is 0 Å². The highest BCUT2D eigenvalue weighted by molar-refractivity contribution is 4.84. The van der Waals surface area contributed by atoms with Crippen molar-refractivity contribution in [3.05, 3.63) is 0 Å². The Labute approximate surface area is 81.2 Å². The third-order valence-corrected chi connectivity index (χ3v) is 2.67. The van der Waals surface area contributed by atoms with Crippen LogP contribution in [-0.4, -0.2) is 42.8 Å². The summed E-state index contributed by atoms with van der Waals surface area (Å²) in [5.41, 5.74) is 5.93. The Kier molecular flexibility index (Phi) is 3.71. The molecule has 0 aromatic carbocycles. The first-order valence-corrected chi connectivity index (χ1v) is 5.11. The van der Waals surface area contributed by atoms with Gasteiger partial charge in [0.2, 0.25) is 0 Å². The molecule has 0 aliphatic carbocycles. The summed E-state index contributed by atoms with van der Waals surface area (Å²) in [7, 11) is 0. The number of ether oxygens (including phenoxy) is 1. The maximum absolute atomic E-state index is 5.74. The minimum Gasteiger partial charge on any atom is -0.378 e. The van der Waals surface area contributed by atoms with E-state index in [1.807, 2.05) is 0 Å². The van der Waals surface area contributed by atoms with E-state index in [4.69, 9.17) is 10.5 Å². The molecule has 1 fully saturated rings. The van der Waals surface area contributed by atoms with Gasteiger partial charge in [0.1, 0.15) is 0 Å². The van der Waals surface area contributed by atoms with Crippen LogP contribution in [0.3, 0.4) is 0 Å². The molecule has 1 rings (SSSR count). The van der Waals surface area contributed by atoms with Gasteiger partial charge in [0, 0.05) is 24.7 Å². The highest BCUT2D eigenvalue weighted by Crippen LogP contribution is 2.18. The zero-order chi connectivity index (χ0) is 9.90. The van der Waals surface area contributed by atoms with Gasteiger partial charge in [-0.2, -0.15) is 0 Å². The molecule has 0 aromatic heterocycles. The van der Waals surface area contributed by atoms with Crippen molar-refractivity contribution in [2.75, 3.05) is 26.3 Å². The summed E-state index contributed by atoms with van der Waals surface area (Å²) >= 11 is 0. The van der Waals surface area contributed by atoms with Gasteiger partial charge in [0.05, 0.1) is 13.2 Å². The minimum atomic E-state index is 0.188. The fourth-order valence-electron chi connectivity index (χ4n) is 1.66. The quantitative estimate of drug-likeness (QED) is 0.709. The summed E-state index contributed by atoms with van der Waals surface area (Å²) in [6.07, 6.45) is 1.07. The predicted molar refractivity (Wildman–Crippen MR) is 54.7 cm³/mol. The first-order chi connectivity index (χ1) is 6.02. The maximum Gasteiger partial charge on any atom is 0.0645 e. The molecule has 3 nitrogen and oxygen atoms in total. The number of hydrogen-bond donors (Lipinski definition) is 1. The van der Waals surface area contributed by atoms with Crippen LogP contribution >= 0.6 is 0 Å². The second-order valence-corrected chi connectivity index (χ2v) is 4.62. The van der Waals surface area contributed by atoms with Crippen LogP contribution in [0.1, 0.15) is 27.2 Å². The van der Waals surface area contributed by atoms with Gasteiger partial charge in [-0.25, -0.2) is 0 Å². The highest BCUT2D eigenvalue weighted by atomic mass is 16.5. The van der Waals surface area contributed by atoms with E-state index in [2.05, 4.69) is 25.7 Å². The molecule has 0 saturated carbocycles. The summed E-state index contributed by atoms with van der Waals surface area (Å²) in [5.74, 6) is 0. The number of morpholine rings is 1. The molecular weight excluding hydrogens is 164 g/mol. The van der Waals surface area contributed by atoms with E-state index in [0.717, 1.165) is 32.7 Å². The smallest absolute Gasteiger partial charge is 0.0645 e. The van der Waals surface area contributed by atoms with Gasteiger partial charge in [-0.3, -0.25) is 4.90 Å². The molecule has 3 heteroatoms. The average molecular weight is 186 g/mol. The number of rotatable bonds is 3. The van der Waals surface area contributed by atoms with Crippen molar-refractivity contribution in [2.45, 2.75) is 38.8 Å². The van der Waals surface area contributed by atoms with Crippen LogP contribution in [0.2, 0.25) is 0 Å². The number of nitrogens with two attached hydrogens (primary N) is 1. The lowest BCUT2D eigenvalue weighted by Gasteiger charge is -2.42. The van der Waals surface area contributed by atoms with Crippen LogP contribution in [0.4, 0.5) is 0 Å². The lowest BCUT2D eigenvalue weighted by molar-refractivity contribution is -0.0515. The molecule has 1 atom stereocenters. The highest BCUT2D eigenvalue weighted by Gasteiger charge is 2.29. The summed E-state index contributed by atoms with van der Waals surface area (Å²) in [6, 6.07) is 0.304. The van der Waals surface area contributed by atoms with E-state index in [9.17, 15) is 0 Å². The standard InChI is InChI=1S/C10H22N2O/c1-9(11)4-5-12-6-7-13-8-10(12,2)3/h9H,4-8,11H2,1-3H3. The van der Waals surface area contributed by atoms with Crippen molar-refractivity contribution in [1.82, 2.24) is 4.90 Å². The van der Waals surface area contributed by atoms with Gasteiger partial charge in [-0.15, -0.1) is 0 Å². The normalized spacial score (nSPS) is 25.8. The number of hydrogen-bond acceptors (Lipinski definition) is 3. The molecular formula is C10H22N2O. The van der Waals surface area contributed by atoms with Gasteiger partial charge >= 0.3 is 0 Å². The van der Waals surface area contributed by atoms with Gasteiger partial charge < -0.3 is 10.5 Å². The maximum atomic E-state index is 5.74. The Morgan fingerprint density at radius 2 is 2.23 bits per heavy atom. The Balaban J connectivity index is 2.37. The third kappa shape index (κ3) is 3.25. The molecule has 1 aliphatic rings. The minimum absolute atomic E-state index is 0.188. The first-order valence-electron chi connectivity index (χ1n) is 5.11. The summed E-state index contributed by atoms with van der Waals surface area (Å²) in [4.78, 5) is 2.47. The van der Waals surface area contributed by atoms with E-state index in [1.165, 1.54) is 0 Å². The van der Waals surface area contributed by atoms with Crippen LogP contribution in [0.25, 0.3) is 0 Å². The SMILES string of the molecule is CC(N)CCN1CCOCC1(C)C. The van der Waals surface area contributed by atoms with Gasteiger partial charge in [-0.05, 0) is 27.2 Å². The topological polar surface area (TPSA) is 38.5 Å². The van der Waals surface area contributed by atoms with Gasteiger partial charge in [-0.1, -0.05) is 0 Å². The molecule has 1 unspecified atom stereocenters. The zero-order valence-electron chi connectivity index (χ0n) is 9.05. The van der Waals surface area contributed by atoms with Gasteiger partial charge in [0.15, 0.2) is 0 Å². The van der Waals surface area contributed by atoms with E-state index in [-0.39, 0.29) is 5.54 Å². The summed E-state index contributed by atoms with van der Waals surface area (Å²) in [5, 5.41) is 0. The summed E-state index contributed by atoms with van der Waals surface area (Å²) < 4.78 is 5.45. The van der Waals surface area contributed by atoms with E-state index < -0.39 is 0 Å². The van der Waals surface area contributed by atoms with Crippen molar-refractivity contribution >= 4 is 0 Å². The zero-order valence-corrected chi connectivity index (χ0v) is 9.05. The molecule has 78 valence electrons. The lowest BCUT2D eigenvalue weighted by Crippen LogP contribution is -2.53. The molecule has 2 N–H and O–H groups in total. The fraction of sp³-hybridized carbons (Fsp3) is 1.00. The van der Waals surface area contributed by atoms with Crippen molar-refractivity contribution < 1.29 is 4.74 Å². The average Bonchev–Trinajstić information content (AvgIpc) is 2.01. The van der Waals surface area contributed by atoms with Crippen LogP contribution < -0.4 is 5.73 Å². The van der Waals surface area contributed by atoms with Crippen LogP contribution in [-0.2, 0) is 4.74 Å². The molecule has 0 bridgehead atoms. The van der Waals surface area contributed by atoms with Crippen LogP contribution in [0.5, 0.6) is 0 Å². The largest absolute Gasteiger partial charge is 0.378 e. The Bertz CT molecular complexity index is 157. The van der Waals surface area contributed by atoms with Crippen molar-refractivity contribution in [2.24, 2.45) is 5.73 Å². The van der Waals surface area contributed by atoms with E-state index >= 15 is 0 Å². The molecule has 0 amide bonds.